The predicted molar refractivity (Wildman–Crippen MR) is 246 cm³/mol. The van der Waals surface area contributed by atoms with Crippen molar-refractivity contribution in [3.63, 3.8) is 0 Å². The minimum atomic E-state index is -4.56. The van der Waals surface area contributed by atoms with E-state index < -0.39 is 11.7 Å². The summed E-state index contributed by atoms with van der Waals surface area (Å²) < 4.78 is 56.9. The summed E-state index contributed by atoms with van der Waals surface area (Å²) in [6.45, 7) is 8.70. The van der Waals surface area contributed by atoms with Gasteiger partial charge in [0.15, 0.2) is 0 Å². The largest absolute Gasteiger partial charge is 0.417 e. The fourth-order valence-electron chi connectivity index (χ4n) is 10.4. The SMILES string of the molecule is CC(=O)N1CCc2c(c(-c3cccc4cc(-c5cnn(CCOC6CCN(c7ccc(C8CCN(c9ccc(C#N)c(C(F)(F)F)c9)CC8)cc7)CC6)c5)ncc34)nn2C2CCOCC2)C1. The Morgan fingerprint density at radius 2 is 1.64 bits per heavy atom. The van der Waals surface area contributed by atoms with Gasteiger partial charge in [-0.2, -0.15) is 28.6 Å². The summed E-state index contributed by atoms with van der Waals surface area (Å²) in [6, 6.07) is 23.2. The van der Waals surface area contributed by atoms with Crippen molar-refractivity contribution in [2.24, 2.45) is 0 Å². The van der Waals surface area contributed by atoms with Crippen LogP contribution in [-0.2, 0) is 40.0 Å². The molecule has 0 spiro atoms. The number of carbonyl (C=O) groups excluding carboxylic acids is 1. The number of anilines is 2. The van der Waals surface area contributed by atoms with Gasteiger partial charge in [-0.15, -0.1) is 0 Å². The highest BCUT2D eigenvalue weighted by molar-refractivity contribution is 5.97. The van der Waals surface area contributed by atoms with Gasteiger partial charge in [0.25, 0.3) is 0 Å². The number of ether oxygens (including phenoxy) is 2. The Morgan fingerprint density at radius 3 is 2.38 bits per heavy atom. The second-order valence-corrected chi connectivity index (χ2v) is 18.1. The van der Waals surface area contributed by atoms with Crippen molar-refractivity contribution < 1.29 is 27.4 Å². The molecular formula is C51H54F3N9O3. The summed E-state index contributed by atoms with van der Waals surface area (Å²) in [5, 5.41) is 21.2. The summed E-state index contributed by atoms with van der Waals surface area (Å²) in [6.07, 6.45) is 7.68. The lowest BCUT2D eigenvalue weighted by Crippen LogP contribution is -2.37. The van der Waals surface area contributed by atoms with Crippen molar-refractivity contribution in [3.05, 3.63) is 113 Å². The van der Waals surface area contributed by atoms with E-state index in [1.807, 2.05) is 33.1 Å². The molecule has 0 saturated carbocycles. The monoisotopic (exact) mass is 897 g/mol. The molecule has 4 aliphatic rings. The van der Waals surface area contributed by atoms with E-state index in [4.69, 9.17) is 24.8 Å². The number of alkyl halides is 3. The van der Waals surface area contributed by atoms with Crippen LogP contribution in [0.15, 0.2) is 85.3 Å². The molecule has 10 rings (SSSR count). The molecule has 342 valence electrons. The fourth-order valence-corrected chi connectivity index (χ4v) is 10.4. The van der Waals surface area contributed by atoms with Crippen molar-refractivity contribution in [3.8, 4) is 28.6 Å². The molecule has 0 N–H and O–H groups in total. The Labute approximate surface area is 382 Å². The highest BCUT2D eigenvalue weighted by atomic mass is 19.4. The van der Waals surface area contributed by atoms with Crippen LogP contribution in [0.25, 0.3) is 33.3 Å². The minimum Gasteiger partial charge on any atom is -0.381 e. The number of pyridine rings is 1. The van der Waals surface area contributed by atoms with E-state index in [2.05, 4.69) is 63.2 Å². The molecule has 6 aromatic rings. The molecule has 66 heavy (non-hydrogen) atoms. The maximum Gasteiger partial charge on any atom is 0.417 e. The smallest absolute Gasteiger partial charge is 0.381 e. The number of fused-ring (bicyclic) bond motifs is 2. The average molecular weight is 898 g/mol. The van der Waals surface area contributed by atoms with Gasteiger partial charge in [-0.25, -0.2) is 0 Å². The van der Waals surface area contributed by atoms with Crippen molar-refractivity contribution >= 4 is 28.1 Å². The van der Waals surface area contributed by atoms with Gasteiger partial charge in [-0.1, -0.05) is 30.3 Å². The summed E-state index contributed by atoms with van der Waals surface area (Å²) in [5.74, 6) is 0.425. The van der Waals surface area contributed by atoms with Crippen molar-refractivity contribution in [1.82, 2.24) is 29.4 Å². The van der Waals surface area contributed by atoms with Crippen LogP contribution in [0.3, 0.4) is 0 Å². The van der Waals surface area contributed by atoms with Crippen LogP contribution in [0.1, 0.15) is 85.4 Å². The summed E-state index contributed by atoms with van der Waals surface area (Å²) >= 11 is 0. The van der Waals surface area contributed by atoms with Gasteiger partial charge in [0.1, 0.15) is 0 Å². The van der Waals surface area contributed by atoms with E-state index in [-0.39, 0.29) is 23.6 Å². The number of halogens is 3. The molecule has 0 aliphatic carbocycles. The number of amides is 1. The van der Waals surface area contributed by atoms with Gasteiger partial charge in [0.2, 0.25) is 5.91 Å². The van der Waals surface area contributed by atoms with E-state index >= 15 is 0 Å². The van der Waals surface area contributed by atoms with Crippen molar-refractivity contribution in [1.29, 1.82) is 5.26 Å². The van der Waals surface area contributed by atoms with Crippen LogP contribution in [-0.4, -0.2) is 94.0 Å². The fraction of sp³-hybridized carbons (Fsp3) is 0.431. The highest BCUT2D eigenvalue weighted by Gasteiger charge is 2.35. The standard InChI is InChI=1S/C51H54F3N9O3/c1-34(64)61-22-15-49-46(33-61)50(58-63(49)41-16-24-65-25-17-41)44-4-2-3-37-27-48(56-31-45(37)44)39-30-57-62(32-39)23-26-66-43-13-20-59(21-14-43)40-8-5-35(6-9-40)36-11-18-60(19-12-36)42-10-7-38(29-55)47(28-42)51(52,53)54/h2-10,27-28,30-32,36,41,43H,11-26,33H2,1H3. The van der Waals surface area contributed by atoms with E-state index in [1.54, 1.807) is 19.1 Å². The van der Waals surface area contributed by atoms with Gasteiger partial charge in [-0.3, -0.25) is 19.1 Å². The molecule has 0 radical (unpaired) electrons. The zero-order valence-corrected chi connectivity index (χ0v) is 37.2. The molecule has 1 amide bonds. The first-order valence-electron chi connectivity index (χ1n) is 23.3. The molecule has 0 atom stereocenters. The van der Waals surface area contributed by atoms with Gasteiger partial charge < -0.3 is 24.2 Å². The number of carbonyl (C=O) groups is 1. The Kier molecular flexibility index (Phi) is 12.3. The normalized spacial score (nSPS) is 17.9. The van der Waals surface area contributed by atoms with Crippen LogP contribution in [0, 0.1) is 11.3 Å². The number of rotatable bonds is 10. The zero-order valence-electron chi connectivity index (χ0n) is 37.2. The van der Waals surface area contributed by atoms with E-state index in [1.165, 1.54) is 23.0 Å². The molecule has 3 aromatic heterocycles. The second kappa shape index (κ2) is 18.6. The third-order valence-corrected chi connectivity index (χ3v) is 14.2. The number of hydrogen-bond acceptors (Lipinski definition) is 9. The first-order chi connectivity index (χ1) is 32.1. The van der Waals surface area contributed by atoms with Crippen molar-refractivity contribution in [2.75, 3.05) is 62.3 Å². The molecule has 0 unspecified atom stereocenters. The molecule has 3 aromatic carbocycles. The lowest BCUT2D eigenvalue weighted by Gasteiger charge is -2.35. The lowest BCUT2D eigenvalue weighted by molar-refractivity contribution is -0.137. The van der Waals surface area contributed by atoms with Crippen LogP contribution in [0.4, 0.5) is 24.5 Å². The van der Waals surface area contributed by atoms with Gasteiger partial charge in [-0.05, 0) is 91.8 Å². The van der Waals surface area contributed by atoms with E-state index in [9.17, 15) is 18.0 Å². The van der Waals surface area contributed by atoms with Crippen LogP contribution >= 0.6 is 0 Å². The van der Waals surface area contributed by atoms with E-state index in [0.717, 1.165) is 116 Å². The Hall–Kier alpha value is -6.24. The van der Waals surface area contributed by atoms with Crippen LogP contribution < -0.4 is 9.80 Å². The third-order valence-electron chi connectivity index (χ3n) is 14.2. The zero-order chi connectivity index (χ0) is 45.4. The summed E-state index contributed by atoms with van der Waals surface area (Å²) in [5.41, 5.74) is 7.85. The summed E-state index contributed by atoms with van der Waals surface area (Å²) in [4.78, 5) is 23.7. The third kappa shape index (κ3) is 9.00. The Morgan fingerprint density at radius 1 is 0.894 bits per heavy atom. The maximum atomic E-state index is 13.6. The molecule has 7 heterocycles. The molecular weight excluding hydrogens is 844 g/mol. The van der Waals surface area contributed by atoms with Crippen LogP contribution in [0.2, 0.25) is 0 Å². The van der Waals surface area contributed by atoms with Gasteiger partial charge in [0, 0.05) is 117 Å². The molecule has 3 fully saturated rings. The van der Waals surface area contributed by atoms with Gasteiger partial charge in [0.05, 0.1) is 60.1 Å². The molecule has 15 heteroatoms. The second-order valence-electron chi connectivity index (χ2n) is 18.1. The number of nitrogens with zero attached hydrogens (tertiary/aromatic N) is 9. The Balaban J connectivity index is 0.715. The molecule has 12 nitrogen and oxygen atoms in total. The number of aromatic nitrogens is 5. The number of hydrogen-bond donors (Lipinski definition) is 0. The molecule has 3 saturated heterocycles. The number of nitriles is 1. The first-order valence-corrected chi connectivity index (χ1v) is 23.3. The average Bonchev–Trinajstić information content (AvgIpc) is 3.99. The highest BCUT2D eigenvalue weighted by Crippen LogP contribution is 2.39. The first kappa shape index (κ1) is 43.6. The maximum absolute atomic E-state index is 13.6. The topological polar surface area (TPSA) is 118 Å². The molecule has 0 bridgehead atoms. The predicted octanol–water partition coefficient (Wildman–Crippen LogP) is 9.18. The molecule has 4 aliphatic heterocycles. The van der Waals surface area contributed by atoms with E-state index in [0.29, 0.717) is 50.9 Å². The van der Waals surface area contributed by atoms with Gasteiger partial charge >= 0.3 is 6.18 Å². The number of piperidine rings is 2. The summed E-state index contributed by atoms with van der Waals surface area (Å²) in [7, 11) is 0. The van der Waals surface area contributed by atoms with Crippen LogP contribution in [0.5, 0.6) is 0 Å². The number of benzene rings is 3. The minimum absolute atomic E-state index is 0.0817. The lowest BCUT2D eigenvalue weighted by atomic mass is 9.89. The Bertz CT molecular complexity index is 2740. The quantitative estimate of drug-likeness (QED) is 0.133. The van der Waals surface area contributed by atoms with Crippen molar-refractivity contribution in [2.45, 2.75) is 89.2 Å².